The molecule has 1 N–H and O–H groups in total. The van der Waals surface area contributed by atoms with Crippen molar-refractivity contribution in [3.05, 3.63) is 82.2 Å². The largest absolute Gasteiger partial charge is 0.467 e. The Morgan fingerprint density at radius 1 is 1.09 bits per heavy atom. The van der Waals surface area contributed by atoms with Gasteiger partial charge in [0.15, 0.2) is 6.04 Å². The van der Waals surface area contributed by atoms with E-state index >= 15 is 0 Å². The highest BCUT2D eigenvalue weighted by atomic mass is 32.1. The smallest absolute Gasteiger partial charge is 0.250 e. The van der Waals surface area contributed by atoms with Crippen LogP contribution in [0.5, 0.6) is 0 Å². The van der Waals surface area contributed by atoms with E-state index in [1.54, 1.807) is 29.2 Å². The van der Waals surface area contributed by atoms with Crippen LogP contribution in [0.15, 0.2) is 64.6 Å². The Morgan fingerprint density at radius 2 is 1.88 bits per heavy atom. The Hall–Kier alpha value is -2.93. The van der Waals surface area contributed by atoms with Crippen LogP contribution in [-0.2, 0) is 22.6 Å². The van der Waals surface area contributed by atoms with Gasteiger partial charge in [0.05, 0.1) is 12.7 Å². The lowest BCUT2D eigenvalue weighted by Crippen LogP contribution is -2.47. The first-order valence-electron chi connectivity index (χ1n) is 11.0. The molecule has 7 heteroatoms. The molecule has 0 radical (unpaired) electrons. The molecule has 4 rings (SSSR count). The number of nitrogens with one attached hydrogen (secondary N) is 1. The van der Waals surface area contributed by atoms with E-state index in [2.05, 4.69) is 5.32 Å². The fraction of sp³-hybridized carbons (Fsp3) is 0.360. The van der Waals surface area contributed by atoms with Crippen molar-refractivity contribution < 1.29 is 18.4 Å². The molecule has 0 unspecified atom stereocenters. The van der Waals surface area contributed by atoms with Crippen LogP contribution in [0, 0.1) is 5.82 Å². The summed E-state index contributed by atoms with van der Waals surface area (Å²) in [4.78, 5) is 29.4. The summed E-state index contributed by atoms with van der Waals surface area (Å²) >= 11 is 1.50. The van der Waals surface area contributed by atoms with E-state index < -0.39 is 6.04 Å². The number of nitrogens with zero attached hydrogens (tertiary/aromatic N) is 1. The van der Waals surface area contributed by atoms with Gasteiger partial charge in [-0.2, -0.15) is 0 Å². The second-order valence-electron chi connectivity index (χ2n) is 8.17. The van der Waals surface area contributed by atoms with E-state index in [-0.39, 0.29) is 36.6 Å². The van der Waals surface area contributed by atoms with Crippen LogP contribution >= 0.6 is 11.3 Å². The van der Waals surface area contributed by atoms with Gasteiger partial charge < -0.3 is 14.6 Å². The van der Waals surface area contributed by atoms with Gasteiger partial charge in [-0.05, 0) is 54.1 Å². The maximum Gasteiger partial charge on any atom is 0.250 e. The van der Waals surface area contributed by atoms with Gasteiger partial charge in [0.25, 0.3) is 5.91 Å². The van der Waals surface area contributed by atoms with Gasteiger partial charge >= 0.3 is 0 Å². The molecule has 0 saturated heterocycles. The molecular weight excluding hydrogens is 427 g/mol. The normalized spacial score (nSPS) is 15.3. The highest BCUT2D eigenvalue weighted by Gasteiger charge is 2.35. The van der Waals surface area contributed by atoms with E-state index in [0.717, 1.165) is 36.1 Å². The molecule has 1 saturated carbocycles. The van der Waals surface area contributed by atoms with Gasteiger partial charge in [0, 0.05) is 17.5 Å². The van der Waals surface area contributed by atoms with Crippen LogP contribution in [0.2, 0.25) is 0 Å². The Morgan fingerprint density at radius 3 is 2.53 bits per heavy atom. The summed E-state index contributed by atoms with van der Waals surface area (Å²) in [6, 6.07) is 12.5. The molecule has 3 aromatic rings. The van der Waals surface area contributed by atoms with Crippen molar-refractivity contribution in [1.82, 2.24) is 10.2 Å². The van der Waals surface area contributed by atoms with Crippen LogP contribution in [0.1, 0.15) is 54.3 Å². The SMILES string of the molecule is O=C(NC1CCCCC1)[C@@H](c1ccco1)N(Cc1ccc(F)cc1)C(=O)Cc1cccs1. The molecule has 1 aliphatic rings. The summed E-state index contributed by atoms with van der Waals surface area (Å²) in [5.74, 6) is -0.353. The molecule has 1 fully saturated rings. The molecule has 168 valence electrons. The van der Waals surface area contributed by atoms with Gasteiger partial charge in [0.2, 0.25) is 5.91 Å². The summed E-state index contributed by atoms with van der Waals surface area (Å²) in [6.45, 7) is 0.175. The fourth-order valence-corrected chi connectivity index (χ4v) is 4.87. The zero-order valence-corrected chi connectivity index (χ0v) is 18.7. The predicted molar refractivity (Wildman–Crippen MR) is 121 cm³/mol. The van der Waals surface area contributed by atoms with Crippen LogP contribution in [0.25, 0.3) is 0 Å². The minimum Gasteiger partial charge on any atom is -0.467 e. The van der Waals surface area contributed by atoms with Gasteiger partial charge in [-0.1, -0.05) is 37.5 Å². The second-order valence-corrected chi connectivity index (χ2v) is 9.20. The average molecular weight is 455 g/mol. The Kier molecular flexibility index (Phi) is 7.37. The first kappa shape index (κ1) is 22.3. The standard InChI is InChI=1S/C25H27FN2O3S/c26-19-12-10-18(11-13-19)17-28(23(29)16-21-8-5-15-32-21)24(22-9-4-14-31-22)25(30)27-20-6-2-1-3-7-20/h4-5,8-15,20,24H,1-3,6-7,16-17H2,(H,27,30)/t24-/m1/s1. The highest BCUT2D eigenvalue weighted by molar-refractivity contribution is 7.10. The van der Waals surface area contributed by atoms with E-state index in [0.29, 0.717) is 5.76 Å². The van der Waals surface area contributed by atoms with Crippen molar-refractivity contribution in [2.24, 2.45) is 0 Å². The highest BCUT2D eigenvalue weighted by Crippen LogP contribution is 2.27. The summed E-state index contributed by atoms with van der Waals surface area (Å²) in [5.41, 5.74) is 0.743. The maximum atomic E-state index is 13.5. The Bertz CT molecular complexity index is 997. The summed E-state index contributed by atoms with van der Waals surface area (Å²) in [5, 5.41) is 5.07. The zero-order chi connectivity index (χ0) is 22.3. The predicted octanol–water partition coefficient (Wildman–Crippen LogP) is 5.24. The van der Waals surface area contributed by atoms with Gasteiger partial charge in [-0.15, -0.1) is 11.3 Å². The summed E-state index contributed by atoms with van der Waals surface area (Å²) in [7, 11) is 0. The molecular formula is C25H27FN2O3S. The molecule has 5 nitrogen and oxygen atoms in total. The number of amides is 2. The number of furan rings is 1. The average Bonchev–Trinajstić information content (AvgIpc) is 3.50. The Balaban J connectivity index is 1.63. The summed E-state index contributed by atoms with van der Waals surface area (Å²) in [6.07, 6.45) is 6.95. The lowest BCUT2D eigenvalue weighted by Gasteiger charge is -2.32. The molecule has 1 aliphatic carbocycles. The number of carbonyl (C=O) groups is 2. The van der Waals surface area contributed by atoms with Crippen molar-refractivity contribution >= 4 is 23.2 Å². The monoisotopic (exact) mass is 454 g/mol. The minimum atomic E-state index is -0.899. The number of halogens is 1. The second kappa shape index (κ2) is 10.6. The number of rotatable bonds is 8. The minimum absolute atomic E-state index is 0.105. The van der Waals surface area contributed by atoms with Crippen LogP contribution in [-0.4, -0.2) is 22.8 Å². The third kappa shape index (κ3) is 5.65. The third-order valence-corrected chi connectivity index (χ3v) is 6.69. The molecule has 0 aliphatic heterocycles. The van der Waals surface area contributed by atoms with Crippen LogP contribution < -0.4 is 5.32 Å². The number of hydrogen-bond donors (Lipinski definition) is 1. The zero-order valence-electron chi connectivity index (χ0n) is 17.8. The maximum absolute atomic E-state index is 13.5. The number of benzene rings is 1. The Labute approximate surface area is 191 Å². The quantitative estimate of drug-likeness (QED) is 0.506. The molecule has 0 spiro atoms. The first-order chi connectivity index (χ1) is 15.6. The molecule has 0 bridgehead atoms. The lowest BCUT2D eigenvalue weighted by atomic mass is 9.95. The molecule has 2 amide bonds. The summed E-state index contributed by atoms with van der Waals surface area (Å²) < 4.78 is 19.1. The molecule has 1 aromatic carbocycles. The number of hydrogen-bond acceptors (Lipinski definition) is 4. The topological polar surface area (TPSA) is 62.6 Å². The van der Waals surface area contributed by atoms with Gasteiger partial charge in [-0.25, -0.2) is 4.39 Å². The van der Waals surface area contributed by atoms with Crippen molar-refractivity contribution in [1.29, 1.82) is 0 Å². The van der Waals surface area contributed by atoms with Crippen LogP contribution in [0.4, 0.5) is 4.39 Å². The molecule has 2 aromatic heterocycles. The van der Waals surface area contributed by atoms with E-state index in [9.17, 15) is 14.0 Å². The van der Waals surface area contributed by atoms with Crippen molar-refractivity contribution in [3.8, 4) is 0 Å². The number of thiophene rings is 1. The van der Waals surface area contributed by atoms with Crippen molar-refractivity contribution in [2.75, 3.05) is 0 Å². The molecule has 1 atom stereocenters. The first-order valence-corrected chi connectivity index (χ1v) is 11.9. The molecule has 32 heavy (non-hydrogen) atoms. The van der Waals surface area contributed by atoms with Crippen molar-refractivity contribution in [3.63, 3.8) is 0 Å². The lowest BCUT2D eigenvalue weighted by molar-refractivity contribution is -0.142. The van der Waals surface area contributed by atoms with E-state index in [1.807, 2.05) is 17.5 Å². The van der Waals surface area contributed by atoms with Gasteiger partial charge in [-0.3, -0.25) is 9.59 Å². The van der Waals surface area contributed by atoms with E-state index in [1.165, 1.54) is 36.2 Å². The van der Waals surface area contributed by atoms with E-state index in [4.69, 9.17) is 4.42 Å². The van der Waals surface area contributed by atoms with Crippen molar-refractivity contribution in [2.45, 2.75) is 57.2 Å². The fourth-order valence-electron chi connectivity index (χ4n) is 4.17. The van der Waals surface area contributed by atoms with Gasteiger partial charge in [0.1, 0.15) is 11.6 Å². The van der Waals surface area contributed by atoms with Crippen LogP contribution in [0.3, 0.4) is 0 Å². The third-order valence-electron chi connectivity index (χ3n) is 5.82. The number of carbonyl (C=O) groups excluding carboxylic acids is 2. The molecule has 2 heterocycles.